The molecule has 0 atom stereocenters. The molecule has 20 heavy (non-hydrogen) atoms. The molecule has 0 bridgehead atoms. The van der Waals surface area contributed by atoms with Gasteiger partial charge in [0.1, 0.15) is 0 Å². The summed E-state index contributed by atoms with van der Waals surface area (Å²) in [5, 5.41) is 14.0. The Labute approximate surface area is 122 Å². The second kappa shape index (κ2) is 7.67. The molecule has 0 aliphatic heterocycles. The molecule has 0 spiro atoms. The first-order valence-corrected chi connectivity index (χ1v) is 7.37. The molecule has 5 heteroatoms. The number of thiophene rings is 1. The summed E-state index contributed by atoms with van der Waals surface area (Å²) in [5.74, 6) is 0. The SMILES string of the molecule is O=C(NCc1cccs1)N(CCO)Cc1ccccc1. The second-order valence-corrected chi connectivity index (χ2v) is 5.40. The van der Waals surface area contributed by atoms with E-state index in [0.717, 1.165) is 10.4 Å². The van der Waals surface area contributed by atoms with Crippen LogP contribution in [0.25, 0.3) is 0 Å². The van der Waals surface area contributed by atoms with Gasteiger partial charge in [-0.25, -0.2) is 4.79 Å². The number of carbonyl (C=O) groups excluding carboxylic acids is 1. The van der Waals surface area contributed by atoms with Crippen molar-refractivity contribution in [2.45, 2.75) is 13.1 Å². The Balaban J connectivity index is 1.91. The van der Waals surface area contributed by atoms with Crippen molar-refractivity contribution in [3.05, 3.63) is 58.3 Å². The topological polar surface area (TPSA) is 52.6 Å². The number of hydrogen-bond donors (Lipinski definition) is 2. The van der Waals surface area contributed by atoms with Crippen LogP contribution in [0.5, 0.6) is 0 Å². The van der Waals surface area contributed by atoms with E-state index in [2.05, 4.69) is 5.32 Å². The third-order valence-corrected chi connectivity index (χ3v) is 3.74. The number of nitrogens with one attached hydrogen (secondary N) is 1. The van der Waals surface area contributed by atoms with Gasteiger partial charge in [-0.15, -0.1) is 11.3 Å². The summed E-state index contributed by atoms with van der Waals surface area (Å²) in [5.41, 5.74) is 1.05. The molecular formula is C15H18N2O2S. The summed E-state index contributed by atoms with van der Waals surface area (Å²) < 4.78 is 0. The highest BCUT2D eigenvalue weighted by Crippen LogP contribution is 2.08. The highest BCUT2D eigenvalue weighted by Gasteiger charge is 2.13. The molecule has 0 fully saturated rings. The van der Waals surface area contributed by atoms with Gasteiger partial charge >= 0.3 is 6.03 Å². The lowest BCUT2D eigenvalue weighted by molar-refractivity contribution is 0.174. The maximum atomic E-state index is 12.1. The fraction of sp³-hybridized carbons (Fsp3) is 0.267. The molecule has 0 saturated heterocycles. The first-order valence-electron chi connectivity index (χ1n) is 6.49. The molecule has 4 nitrogen and oxygen atoms in total. The van der Waals surface area contributed by atoms with Crippen molar-refractivity contribution in [1.82, 2.24) is 10.2 Å². The summed E-state index contributed by atoms with van der Waals surface area (Å²) in [6.45, 7) is 1.30. The van der Waals surface area contributed by atoms with Crippen LogP contribution in [0.1, 0.15) is 10.4 Å². The van der Waals surface area contributed by atoms with Gasteiger partial charge in [-0.1, -0.05) is 36.4 Å². The van der Waals surface area contributed by atoms with Crippen LogP contribution in [0.3, 0.4) is 0 Å². The van der Waals surface area contributed by atoms with E-state index in [-0.39, 0.29) is 12.6 Å². The van der Waals surface area contributed by atoms with Crippen LogP contribution in [0.2, 0.25) is 0 Å². The van der Waals surface area contributed by atoms with Gasteiger partial charge < -0.3 is 15.3 Å². The van der Waals surface area contributed by atoms with Crippen molar-refractivity contribution in [3.63, 3.8) is 0 Å². The van der Waals surface area contributed by atoms with Crippen LogP contribution in [-0.2, 0) is 13.1 Å². The van der Waals surface area contributed by atoms with Gasteiger partial charge in [0.2, 0.25) is 0 Å². The lowest BCUT2D eigenvalue weighted by Gasteiger charge is -2.22. The molecule has 2 rings (SSSR count). The zero-order valence-electron chi connectivity index (χ0n) is 11.2. The summed E-state index contributed by atoms with van der Waals surface area (Å²) in [4.78, 5) is 14.9. The number of urea groups is 1. The fourth-order valence-electron chi connectivity index (χ4n) is 1.86. The monoisotopic (exact) mass is 290 g/mol. The maximum Gasteiger partial charge on any atom is 0.318 e. The van der Waals surface area contributed by atoms with Crippen LogP contribution in [0.4, 0.5) is 4.79 Å². The predicted octanol–water partition coefficient (Wildman–Crippen LogP) is 2.45. The number of aliphatic hydroxyl groups is 1. The van der Waals surface area contributed by atoms with Gasteiger partial charge in [-0.2, -0.15) is 0 Å². The van der Waals surface area contributed by atoms with E-state index in [4.69, 9.17) is 5.11 Å². The van der Waals surface area contributed by atoms with Crippen molar-refractivity contribution < 1.29 is 9.90 Å². The number of rotatable bonds is 6. The summed E-state index contributed by atoms with van der Waals surface area (Å²) in [6.07, 6.45) is 0. The molecule has 106 valence electrons. The van der Waals surface area contributed by atoms with Crippen LogP contribution in [0, 0.1) is 0 Å². The number of carbonyl (C=O) groups is 1. The lowest BCUT2D eigenvalue weighted by Crippen LogP contribution is -2.40. The highest BCUT2D eigenvalue weighted by molar-refractivity contribution is 7.09. The molecule has 1 aromatic carbocycles. The Bertz CT molecular complexity index is 514. The maximum absolute atomic E-state index is 12.1. The summed E-state index contributed by atoms with van der Waals surface area (Å²) >= 11 is 1.61. The van der Waals surface area contributed by atoms with Crippen molar-refractivity contribution in [1.29, 1.82) is 0 Å². The number of nitrogens with zero attached hydrogens (tertiary/aromatic N) is 1. The lowest BCUT2D eigenvalue weighted by atomic mass is 10.2. The summed E-state index contributed by atoms with van der Waals surface area (Å²) in [6, 6.07) is 13.5. The average molecular weight is 290 g/mol. The Morgan fingerprint density at radius 1 is 1.20 bits per heavy atom. The van der Waals surface area contributed by atoms with E-state index in [1.54, 1.807) is 16.2 Å². The molecule has 2 N–H and O–H groups in total. The van der Waals surface area contributed by atoms with Gasteiger partial charge in [0, 0.05) is 18.0 Å². The molecule has 2 aromatic rings. The third-order valence-electron chi connectivity index (χ3n) is 2.87. The Hall–Kier alpha value is -1.85. The van der Waals surface area contributed by atoms with Crippen molar-refractivity contribution in [2.24, 2.45) is 0 Å². The number of aliphatic hydroxyl groups excluding tert-OH is 1. The standard InChI is InChI=1S/C15H18N2O2S/c18-9-8-17(12-13-5-2-1-3-6-13)15(19)16-11-14-7-4-10-20-14/h1-7,10,18H,8-9,11-12H2,(H,16,19). The van der Waals surface area contributed by atoms with Crippen LogP contribution < -0.4 is 5.32 Å². The van der Waals surface area contributed by atoms with E-state index >= 15 is 0 Å². The van der Waals surface area contributed by atoms with Gasteiger partial charge in [0.25, 0.3) is 0 Å². The minimum absolute atomic E-state index is 0.0424. The van der Waals surface area contributed by atoms with E-state index in [0.29, 0.717) is 19.6 Å². The van der Waals surface area contributed by atoms with E-state index in [1.807, 2.05) is 47.8 Å². The first kappa shape index (κ1) is 14.6. The Morgan fingerprint density at radius 3 is 2.65 bits per heavy atom. The number of benzene rings is 1. The first-order chi connectivity index (χ1) is 9.79. The van der Waals surface area contributed by atoms with Gasteiger partial charge in [0.05, 0.1) is 13.2 Å². The third kappa shape index (κ3) is 4.36. The van der Waals surface area contributed by atoms with Crippen LogP contribution >= 0.6 is 11.3 Å². The molecule has 0 saturated carbocycles. The second-order valence-electron chi connectivity index (χ2n) is 4.37. The highest BCUT2D eigenvalue weighted by atomic mass is 32.1. The van der Waals surface area contributed by atoms with Gasteiger partial charge in [-0.05, 0) is 17.0 Å². The molecule has 0 aliphatic rings. The molecular weight excluding hydrogens is 272 g/mol. The Kier molecular flexibility index (Phi) is 5.58. The molecule has 0 unspecified atom stereocenters. The van der Waals surface area contributed by atoms with Crippen molar-refractivity contribution in [2.75, 3.05) is 13.2 Å². The number of hydrogen-bond acceptors (Lipinski definition) is 3. The van der Waals surface area contributed by atoms with E-state index in [9.17, 15) is 4.79 Å². The molecule has 2 amide bonds. The summed E-state index contributed by atoms with van der Waals surface area (Å²) in [7, 11) is 0. The average Bonchev–Trinajstić information content (AvgIpc) is 2.99. The van der Waals surface area contributed by atoms with Crippen LogP contribution in [-0.4, -0.2) is 29.2 Å². The fourth-order valence-corrected chi connectivity index (χ4v) is 2.51. The predicted molar refractivity (Wildman–Crippen MR) is 80.5 cm³/mol. The molecule has 1 aromatic heterocycles. The largest absolute Gasteiger partial charge is 0.395 e. The smallest absolute Gasteiger partial charge is 0.318 e. The normalized spacial score (nSPS) is 10.2. The van der Waals surface area contributed by atoms with E-state index in [1.165, 1.54) is 0 Å². The molecule has 0 aliphatic carbocycles. The van der Waals surface area contributed by atoms with Crippen molar-refractivity contribution >= 4 is 17.4 Å². The molecule has 0 radical (unpaired) electrons. The van der Waals surface area contributed by atoms with Gasteiger partial charge in [-0.3, -0.25) is 0 Å². The van der Waals surface area contributed by atoms with Crippen molar-refractivity contribution in [3.8, 4) is 0 Å². The zero-order valence-corrected chi connectivity index (χ0v) is 12.0. The Morgan fingerprint density at radius 2 is 2.00 bits per heavy atom. The number of amides is 2. The van der Waals surface area contributed by atoms with E-state index < -0.39 is 0 Å². The molecule has 1 heterocycles. The minimum Gasteiger partial charge on any atom is -0.395 e. The van der Waals surface area contributed by atoms with Crippen LogP contribution in [0.15, 0.2) is 47.8 Å². The minimum atomic E-state index is -0.156. The quantitative estimate of drug-likeness (QED) is 0.858. The van der Waals surface area contributed by atoms with Gasteiger partial charge in [0.15, 0.2) is 0 Å². The zero-order chi connectivity index (χ0) is 14.2.